The highest BCUT2D eigenvalue weighted by atomic mass is 35.5. The molecule has 214 valence electrons. The topological polar surface area (TPSA) is 100 Å². The van der Waals surface area contributed by atoms with Crippen LogP contribution in [0.4, 0.5) is 21.5 Å². The van der Waals surface area contributed by atoms with E-state index in [4.69, 9.17) is 23.2 Å². The number of nitrogens with zero attached hydrogens (tertiary/aromatic N) is 3. The number of nitrogens with one attached hydrogen (secondary N) is 5. The fourth-order valence-electron chi connectivity index (χ4n) is 5.65. The zero-order valence-electron chi connectivity index (χ0n) is 22.8. The van der Waals surface area contributed by atoms with Crippen LogP contribution in [0.1, 0.15) is 12.5 Å². The lowest BCUT2D eigenvalue weighted by molar-refractivity contribution is 0.235. The molecule has 8 nitrogen and oxygen atoms in total. The number of hydrogen-bond donors (Lipinski definition) is 5. The van der Waals surface area contributed by atoms with Gasteiger partial charge in [-0.1, -0.05) is 54.1 Å². The number of benzene rings is 2. The molecule has 1 saturated carbocycles. The number of fused-ring (bicyclic) bond motifs is 2. The summed E-state index contributed by atoms with van der Waals surface area (Å²) >= 11 is 12.8. The zero-order valence-corrected chi connectivity index (χ0v) is 24.3. The van der Waals surface area contributed by atoms with Gasteiger partial charge >= 0.3 is 0 Å². The minimum absolute atomic E-state index is 0.0318. The molecule has 2 unspecified atom stereocenters. The fraction of sp³-hybridized carbons (Fsp3) is 0.226. The lowest BCUT2D eigenvalue weighted by Gasteiger charge is -2.22. The van der Waals surface area contributed by atoms with Crippen molar-refractivity contribution >= 4 is 51.2 Å². The number of anilines is 3. The van der Waals surface area contributed by atoms with Gasteiger partial charge in [0.1, 0.15) is 11.9 Å². The predicted molar refractivity (Wildman–Crippen MR) is 166 cm³/mol. The van der Waals surface area contributed by atoms with Gasteiger partial charge in [0.05, 0.1) is 44.6 Å². The summed E-state index contributed by atoms with van der Waals surface area (Å²) in [5.41, 5.74) is 10.9. The standard InChI is InChI=1S/C31H29Cl2FN8/c1-3-4-5-6-17(2)28(27-16-42(41-40-27)31-22-14-36-15-23(22)31)39-20-9-21-29(38-19-7-8-26(34)24(32)10-19)18(12-35)13-37-30(21)25(33)11-20/h3-11,13,16,22-23,28,31,36,39-41H,2,14-15H2,1H3,(H,37,38)/b4-3-,6-5-/t22?,23?,28-,31?/m0/s1. The largest absolute Gasteiger partial charge is 0.373 e. The van der Waals surface area contributed by atoms with Crippen molar-refractivity contribution in [3.8, 4) is 6.07 Å². The number of rotatable bonds is 9. The van der Waals surface area contributed by atoms with E-state index in [1.54, 1.807) is 12.1 Å². The number of piperidine rings is 1. The fourth-order valence-corrected chi connectivity index (χ4v) is 6.10. The normalized spacial score (nSPS) is 21.7. The van der Waals surface area contributed by atoms with Crippen LogP contribution in [-0.4, -0.2) is 35.2 Å². The van der Waals surface area contributed by atoms with Crippen LogP contribution in [-0.2, 0) is 0 Å². The first-order valence-corrected chi connectivity index (χ1v) is 14.3. The van der Waals surface area contributed by atoms with E-state index in [2.05, 4.69) is 55.8 Å². The maximum Gasteiger partial charge on any atom is 0.141 e. The van der Waals surface area contributed by atoms with Crippen LogP contribution in [0.5, 0.6) is 0 Å². The smallest absolute Gasteiger partial charge is 0.141 e. The summed E-state index contributed by atoms with van der Waals surface area (Å²) in [6, 6.07) is 10.3. The van der Waals surface area contributed by atoms with Gasteiger partial charge in [0.25, 0.3) is 0 Å². The van der Waals surface area contributed by atoms with Crippen molar-refractivity contribution in [2.24, 2.45) is 11.8 Å². The third kappa shape index (κ3) is 5.42. The van der Waals surface area contributed by atoms with E-state index in [1.807, 2.05) is 37.3 Å². The molecule has 3 atom stereocenters. The van der Waals surface area contributed by atoms with E-state index < -0.39 is 5.82 Å². The van der Waals surface area contributed by atoms with Gasteiger partial charge in [0, 0.05) is 42.2 Å². The molecule has 0 amide bonds. The number of nitriles is 1. The lowest BCUT2D eigenvalue weighted by Crippen LogP contribution is -2.42. The Balaban J connectivity index is 1.36. The molecule has 3 aliphatic rings. The highest BCUT2D eigenvalue weighted by Crippen LogP contribution is 2.46. The van der Waals surface area contributed by atoms with Crippen molar-refractivity contribution in [2.45, 2.75) is 19.0 Å². The van der Waals surface area contributed by atoms with Gasteiger partial charge in [-0.05, 0) is 54.7 Å². The number of hydrogen-bond acceptors (Lipinski definition) is 8. The summed E-state index contributed by atoms with van der Waals surface area (Å²) in [6.45, 7) is 8.37. The Morgan fingerprint density at radius 1 is 1.19 bits per heavy atom. The first kappa shape index (κ1) is 28.1. The Kier molecular flexibility index (Phi) is 7.80. The summed E-state index contributed by atoms with van der Waals surface area (Å²) in [7, 11) is 0. The van der Waals surface area contributed by atoms with Crippen molar-refractivity contribution in [3.05, 3.63) is 106 Å². The lowest BCUT2D eigenvalue weighted by atomic mass is 10.0. The molecule has 1 saturated heterocycles. The molecule has 0 bridgehead atoms. The van der Waals surface area contributed by atoms with E-state index in [0.29, 0.717) is 56.4 Å². The van der Waals surface area contributed by atoms with Gasteiger partial charge in [-0.15, -0.1) is 5.53 Å². The summed E-state index contributed by atoms with van der Waals surface area (Å²) in [5.74, 6) is 0.750. The van der Waals surface area contributed by atoms with Crippen molar-refractivity contribution < 1.29 is 4.39 Å². The minimum atomic E-state index is -0.531. The van der Waals surface area contributed by atoms with E-state index in [0.717, 1.165) is 24.4 Å². The number of halogens is 3. The van der Waals surface area contributed by atoms with Crippen molar-refractivity contribution in [1.29, 1.82) is 5.26 Å². The quantitative estimate of drug-likeness (QED) is 0.186. The number of hydrazine groups is 2. The first-order valence-electron chi connectivity index (χ1n) is 13.6. The molecule has 3 heterocycles. The molecule has 5 N–H and O–H groups in total. The summed E-state index contributed by atoms with van der Waals surface area (Å²) < 4.78 is 13.8. The third-order valence-electron chi connectivity index (χ3n) is 7.82. The molecule has 0 radical (unpaired) electrons. The maximum absolute atomic E-state index is 13.8. The minimum Gasteiger partial charge on any atom is -0.373 e. The van der Waals surface area contributed by atoms with Crippen LogP contribution in [0.3, 0.4) is 0 Å². The van der Waals surface area contributed by atoms with E-state index in [1.165, 1.54) is 18.3 Å². The van der Waals surface area contributed by atoms with Gasteiger partial charge in [-0.3, -0.25) is 9.99 Å². The van der Waals surface area contributed by atoms with Crippen LogP contribution < -0.4 is 26.9 Å². The second kappa shape index (κ2) is 11.7. The van der Waals surface area contributed by atoms with E-state index >= 15 is 0 Å². The van der Waals surface area contributed by atoms with Gasteiger partial charge in [-0.25, -0.2) is 4.39 Å². The summed E-state index contributed by atoms with van der Waals surface area (Å²) in [5, 5.41) is 23.2. The average molecular weight is 604 g/mol. The Bertz CT molecular complexity index is 1680. The molecule has 2 aromatic carbocycles. The maximum atomic E-state index is 13.8. The molecule has 3 aromatic rings. The molecule has 0 spiro atoms. The molecule has 2 aliphatic heterocycles. The van der Waals surface area contributed by atoms with Gasteiger partial charge in [0.15, 0.2) is 0 Å². The monoisotopic (exact) mass is 602 g/mol. The van der Waals surface area contributed by atoms with Crippen LogP contribution in [0.2, 0.25) is 10.0 Å². The summed E-state index contributed by atoms with van der Waals surface area (Å²) in [4.78, 5) is 4.44. The molecular formula is C31H29Cl2FN8. The van der Waals surface area contributed by atoms with Crippen LogP contribution in [0, 0.1) is 29.0 Å². The predicted octanol–water partition coefficient (Wildman–Crippen LogP) is 6.15. The van der Waals surface area contributed by atoms with E-state index in [-0.39, 0.29) is 11.1 Å². The van der Waals surface area contributed by atoms with Crippen LogP contribution in [0.25, 0.3) is 10.9 Å². The van der Waals surface area contributed by atoms with Crippen LogP contribution >= 0.6 is 23.2 Å². The van der Waals surface area contributed by atoms with Crippen molar-refractivity contribution in [1.82, 2.24) is 26.3 Å². The number of aromatic nitrogens is 1. The number of allylic oxidation sites excluding steroid dienone is 3. The van der Waals surface area contributed by atoms with Gasteiger partial charge < -0.3 is 21.4 Å². The average Bonchev–Trinajstić information content (AvgIpc) is 3.31. The molecule has 1 aliphatic carbocycles. The van der Waals surface area contributed by atoms with Gasteiger partial charge in [0.2, 0.25) is 0 Å². The molecule has 11 heteroatoms. The SMILES string of the molecule is C=C(/C=C\C=C/C)[C@H](Nc1cc(Cl)c2ncc(C#N)c(Nc3ccc(F)c(Cl)c3)c2c1)C1=CN(C2C3CNCC32)NN1. The van der Waals surface area contributed by atoms with Crippen molar-refractivity contribution in [3.63, 3.8) is 0 Å². The third-order valence-corrected chi connectivity index (χ3v) is 8.39. The highest BCUT2D eigenvalue weighted by Gasteiger charge is 2.56. The number of pyridine rings is 1. The second-order valence-electron chi connectivity index (χ2n) is 10.5. The molecular weight excluding hydrogens is 574 g/mol. The van der Waals surface area contributed by atoms with Gasteiger partial charge in [-0.2, -0.15) is 5.26 Å². The second-order valence-corrected chi connectivity index (χ2v) is 11.3. The molecule has 6 rings (SSSR count). The zero-order chi connectivity index (χ0) is 29.4. The van der Waals surface area contributed by atoms with E-state index in [9.17, 15) is 9.65 Å². The Hall–Kier alpha value is -4.07. The van der Waals surface area contributed by atoms with Crippen molar-refractivity contribution in [2.75, 3.05) is 23.7 Å². The Morgan fingerprint density at radius 3 is 2.71 bits per heavy atom. The molecule has 2 fully saturated rings. The van der Waals surface area contributed by atoms with Crippen LogP contribution in [0.15, 0.2) is 84.9 Å². The highest BCUT2D eigenvalue weighted by molar-refractivity contribution is 6.36. The molecule has 42 heavy (non-hydrogen) atoms. The first-order chi connectivity index (χ1) is 20.4. The summed E-state index contributed by atoms with van der Waals surface area (Å²) in [6.07, 6.45) is 11.4. The Morgan fingerprint density at radius 2 is 1.98 bits per heavy atom. The Labute approximate surface area is 253 Å². The molecule has 1 aromatic heterocycles.